The van der Waals surface area contributed by atoms with Gasteiger partial charge in [0, 0.05) is 12.1 Å². The molecule has 7 nitrogen and oxygen atoms in total. The van der Waals surface area contributed by atoms with Crippen molar-refractivity contribution < 1.29 is 13.3 Å². The fraction of sp³-hybridized carbons (Fsp3) is 0. The number of anilines is 2. The third-order valence-corrected chi connectivity index (χ3v) is 3.93. The molecule has 0 radical (unpaired) electrons. The van der Waals surface area contributed by atoms with Crippen LogP contribution in [0.15, 0.2) is 53.4 Å². The molecule has 0 unspecified atom stereocenters. The van der Waals surface area contributed by atoms with Crippen molar-refractivity contribution in [2.75, 3.05) is 10.5 Å². The maximum atomic E-state index is 12.1. The van der Waals surface area contributed by atoms with Crippen molar-refractivity contribution in [3.8, 4) is 0 Å². The van der Waals surface area contributed by atoms with Crippen molar-refractivity contribution in [3.05, 3.63) is 58.6 Å². The van der Waals surface area contributed by atoms with Crippen molar-refractivity contribution in [1.82, 2.24) is 0 Å². The van der Waals surface area contributed by atoms with E-state index in [-0.39, 0.29) is 22.0 Å². The van der Waals surface area contributed by atoms with Crippen LogP contribution in [0.4, 0.5) is 17.1 Å². The lowest BCUT2D eigenvalue weighted by Crippen LogP contribution is -2.14. The zero-order chi connectivity index (χ0) is 14.8. The molecule has 8 heteroatoms. The van der Waals surface area contributed by atoms with Gasteiger partial charge in [-0.3, -0.25) is 14.8 Å². The Labute approximate surface area is 115 Å². The molecule has 2 aromatic carbocycles. The van der Waals surface area contributed by atoms with Crippen LogP contribution >= 0.6 is 0 Å². The molecule has 0 aliphatic heterocycles. The molecule has 0 heterocycles. The molecule has 20 heavy (non-hydrogen) atoms. The standard InChI is InChI=1S/C12H11N3O4S/c13-11-7-6-9(15(16)17)8-12(11)14-20(18,19)10-4-2-1-3-5-10/h1-8,14H,13H2. The first-order valence-corrected chi connectivity index (χ1v) is 7.00. The van der Waals surface area contributed by atoms with Gasteiger partial charge in [0.1, 0.15) is 0 Å². The van der Waals surface area contributed by atoms with Gasteiger partial charge in [0.25, 0.3) is 15.7 Å². The third kappa shape index (κ3) is 2.86. The number of sulfonamides is 1. The highest BCUT2D eigenvalue weighted by molar-refractivity contribution is 7.92. The second kappa shape index (κ2) is 5.17. The lowest BCUT2D eigenvalue weighted by molar-refractivity contribution is -0.384. The number of nitro groups is 1. The lowest BCUT2D eigenvalue weighted by atomic mass is 10.2. The molecule has 0 spiro atoms. The molecule has 0 saturated heterocycles. The molecular weight excluding hydrogens is 282 g/mol. The molecule has 0 aromatic heterocycles. The molecule has 3 N–H and O–H groups in total. The lowest BCUT2D eigenvalue weighted by Gasteiger charge is -2.10. The summed E-state index contributed by atoms with van der Waals surface area (Å²) >= 11 is 0. The van der Waals surface area contributed by atoms with Crippen LogP contribution in [-0.4, -0.2) is 13.3 Å². The minimum absolute atomic E-state index is 0.0250. The van der Waals surface area contributed by atoms with E-state index < -0.39 is 14.9 Å². The number of non-ortho nitro benzene ring substituents is 1. The van der Waals surface area contributed by atoms with E-state index in [4.69, 9.17) is 5.73 Å². The van der Waals surface area contributed by atoms with E-state index in [0.717, 1.165) is 6.07 Å². The second-order valence-corrected chi connectivity index (χ2v) is 5.63. The van der Waals surface area contributed by atoms with Crippen molar-refractivity contribution >= 4 is 27.1 Å². The summed E-state index contributed by atoms with van der Waals surface area (Å²) in [6.07, 6.45) is 0. The first-order chi connectivity index (χ1) is 9.40. The van der Waals surface area contributed by atoms with E-state index in [1.807, 2.05) is 0 Å². The van der Waals surface area contributed by atoms with Crippen LogP contribution in [0.5, 0.6) is 0 Å². The van der Waals surface area contributed by atoms with E-state index in [2.05, 4.69) is 4.72 Å². The molecule has 0 fully saturated rings. The highest BCUT2D eigenvalue weighted by atomic mass is 32.2. The highest BCUT2D eigenvalue weighted by Crippen LogP contribution is 2.26. The predicted molar refractivity (Wildman–Crippen MR) is 74.8 cm³/mol. The fourth-order valence-corrected chi connectivity index (χ4v) is 2.65. The molecule has 104 valence electrons. The van der Waals surface area contributed by atoms with E-state index in [1.54, 1.807) is 18.2 Å². The maximum absolute atomic E-state index is 12.1. The predicted octanol–water partition coefficient (Wildman–Crippen LogP) is 1.98. The van der Waals surface area contributed by atoms with Crippen molar-refractivity contribution in [2.45, 2.75) is 4.90 Å². The van der Waals surface area contributed by atoms with E-state index in [1.165, 1.54) is 24.3 Å². The minimum Gasteiger partial charge on any atom is -0.397 e. The smallest absolute Gasteiger partial charge is 0.271 e. The van der Waals surface area contributed by atoms with Gasteiger partial charge in [0.2, 0.25) is 0 Å². The number of rotatable bonds is 4. The zero-order valence-electron chi connectivity index (χ0n) is 10.2. The number of benzene rings is 2. The summed E-state index contributed by atoms with van der Waals surface area (Å²) in [5.41, 5.74) is 5.46. The Morgan fingerprint density at radius 3 is 2.35 bits per heavy atom. The average molecular weight is 293 g/mol. The van der Waals surface area contributed by atoms with Crippen molar-refractivity contribution in [2.24, 2.45) is 0 Å². The molecule has 0 saturated carbocycles. The van der Waals surface area contributed by atoms with Gasteiger partial charge >= 0.3 is 0 Å². The molecular formula is C12H11N3O4S. The normalized spacial score (nSPS) is 11.0. The van der Waals surface area contributed by atoms with E-state index in [0.29, 0.717) is 0 Å². The Hall–Kier alpha value is -2.61. The first-order valence-electron chi connectivity index (χ1n) is 5.52. The number of nitro benzene ring substituents is 1. The Kier molecular flexibility index (Phi) is 3.57. The summed E-state index contributed by atoms with van der Waals surface area (Å²) in [6, 6.07) is 11.2. The Balaban J connectivity index is 2.39. The Morgan fingerprint density at radius 2 is 1.75 bits per heavy atom. The number of hydrogen-bond acceptors (Lipinski definition) is 5. The van der Waals surface area contributed by atoms with Gasteiger partial charge in [-0.1, -0.05) is 18.2 Å². The van der Waals surface area contributed by atoms with Crippen LogP contribution < -0.4 is 10.5 Å². The van der Waals surface area contributed by atoms with Crippen LogP contribution in [0.25, 0.3) is 0 Å². The highest BCUT2D eigenvalue weighted by Gasteiger charge is 2.17. The molecule has 2 rings (SSSR count). The third-order valence-electron chi connectivity index (χ3n) is 2.55. The van der Waals surface area contributed by atoms with Crippen LogP contribution in [0.1, 0.15) is 0 Å². The molecule has 0 bridgehead atoms. The monoisotopic (exact) mass is 293 g/mol. The topological polar surface area (TPSA) is 115 Å². The second-order valence-electron chi connectivity index (χ2n) is 3.95. The van der Waals surface area contributed by atoms with Gasteiger partial charge in [0.15, 0.2) is 0 Å². The van der Waals surface area contributed by atoms with Crippen LogP contribution in [0.2, 0.25) is 0 Å². The molecule has 0 amide bonds. The molecule has 0 atom stereocenters. The van der Waals surface area contributed by atoms with Gasteiger partial charge in [-0.15, -0.1) is 0 Å². The maximum Gasteiger partial charge on any atom is 0.271 e. The summed E-state index contributed by atoms with van der Waals surface area (Å²) in [4.78, 5) is 10.1. The van der Waals surface area contributed by atoms with Gasteiger partial charge in [0.05, 0.1) is 21.2 Å². The van der Waals surface area contributed by atoms with Crippen LogP contribution in [0, 0.1) is 10.1 Å². The summed E-state index contributed by atoms with van der Waals surface area (Å²) in [5, 5.41) is 10.7. The molecule has 0 aliphatic rings. The summed E-state index contributed by atoms with van der Waals surface area (Å²) in [6.45, 7) is 0. The van der Waals surface area contributed by atoms with Crippen molar-refractivity contribution in [3.63, 3.8) is 0 Å². The van der Waals surface area contributed by atoms with Crippen LogP contribution in [0.3, 0.4) is 0 Å². The summed E-state index contributed by atoms with van der Waals surface area (Å²) in [5.74, 6) is 0. The number of nitrogens with zero attached hydrogens (tertiary/aromatic N) is 1. The number of hydrogen-bond donors (Lipinski definition) is 2. The van der Waals surface area contributed by atoms with Gasteiger partial charge in [-0.25, -0.2) is 8.42 Å². The molecule has 0 aliphatic carbocycles. The number of nitrogens with two attached hydrogens (primary N) is 1. The first kappa shape index (κ1) is 13.8. The minimum atomic E-state index is -3.83. The molecule has 2 aromatic rings. The van der Waals surface area contributed by atoms with Gasteiger partial charge in [-0.2, -0.15) is 0 Å². The fourth-order valence-electron chi connectivity index (χ4n) is 1.55. The largest absolute Gasteiger partial charge is 0.397 e. The van der Waals surface area contributed by atoms with Gasteiger partial charge < -0.3 is 5.73 Å². The Morgan fingerprint density at radius 1 is 1.10 bits per heavy atom. The summed E-state index contributed by atoms with van der Waals surface area (Å²) < 4.78 is 26.4. The summed E-state index contributed by atoms with van der Waals surface area (Å²) in [7, 11) is -3.83. The van der Waals surface area contributed by atoms with E-state index >= 15 is 0 Å². The van der Waals surface area contributed by atoms with E-state index in [9.17, 15) is 18.5 Å². The number of nitrogen functional groups attached to an aromatic ring is 1. The quantitative estimate of drug-likeness (QED) is 0.508. The van der Waals surface area contributed by atoms with Gasteiger partial charge in [-0.05, 0) is 18.2 Å². The Bertz CT molecular complexity index is 745. The van der Waals surface area contributed by atoms with Crippen molar-refractivity contribution in [1.29, 1.82) is 0 Å². The SMILES string of the molecule is Nc1ccc([N+](=O)[O-])cc1NS(=O)(=O)c1ccccc1. The average Bonchev–Trinajstić information content (AvgIpc) is 2.42. The zero-order valence-corrected chi connectivity index (χ0v) is 11.0. The number of nitrogens with one attached hydrogen (secondary N) is 1. The van der Waals surface area contributed by atoms with Crippen LogP contribution in [-0.2, 0) is 10.0 Å².